The third-order valence-electron chi connectivity index (χ3n) is 7.01. The molecule has 11 nitrogen and oxygen atoms in total. The highest BCUT2D eigenvalue weighted by molar-refractivity contribution is 7.12. The summed E-state index contributed by atoms with van der Waals surface area (Å²) in [6.45, 7) is 15.7. The highest BCUT2D eigenvalue weighted by atomic mass is 32.1. The van der Waals surface area contributed by atoms with Gasteiger partial charge in [0.1, 0.15) is 23.1 Å². The molecule has 0 saturated heterocycles. The molecule has 0 unspecified atom stereocenters. The van der Waals surface area contributed by atoms with Gasteiger partial charge in [-0.3, -0.25) is 4.79 Å². The van der Waals surface area contributed by atoms with E-state index >= 15 is 0 Å². The average Bonchev–Trinajstić information content (AvgIpc) is 3.56. The van der Waals surface area contributed by atoms with Gasteiger partial charge in [0.05, 0.1) is 11.1 Å². The maximum atomic E-state index is 13.6. The minimum Gasteiger partial charge on any atom is -0.458 e. The number of anilines is 3. The van der Waals surface area contributed by atoms with E-state index in [1.807, 2.05) is 57.9 Å². The number of hydrogen-bond acceptors (Lipinski definition) is 10. The molecular weight excluding hydrogens is 604 g/mol. The van der Waals surface area contributed by atoms with E-state index < -0.39 is 23.7 Å². The van der Waals surface area contributed by atoms with Crippen LogP contribution in [0.4, 0.5) is 22.2 Å². The second kappa shape index (κ2) is 17.5. The summed E-state index contributed by atoms with van der Waals surface area (Å²) in [4.78, 5) is 52.9. The Labute approximate surface area is 276 Å². The van der Waals surface area contributed by atoms with Gasteiger partial charge in [0, 0.05) is 32.6 Å². The van der Waals surface area contributed by atoms with Gasteiger partial charge >= 0.3 is 12.1 Å². The van der Waals surface area contributed by atoms with E-state index in [-0.39, 0.29) is 12.3 Å². The first kappa shape index (κ1) is 36.3. The number of esters is 1. The predicted molar refractivity (Wildman–Crippen MR) is 184 cm³/mol. The van der Waals surface area contributed by atoms with Crippen molar-refractivity contribution in [3.63, 3.8) is 0 Å². The number of carbonyl (C=O) groups excluding carboxylic acids is 3. The summed E-state index contributed by atoms with van der Waals surface area (Å²) in [5, 5.41) is 7.93. The normalized spacial score (nSPS) is 11.8. The van der Waals surface area contributed by atoms with E-state index in [9.17, 15) is 14.4 Å². The zero-order chi connectivity index (χ0) is 33.7. The van der Waals surface area contributed by atoms with Crippen molar-refractivity contribution in [3.8, 4) is 5.75 Å². The zero-order valence-electron chi connectivity index (χ0n) is 28.1. The van der Waals surface area contributed by atoms with Gasteiger partial charge in [0.2, 0.25) is 5.95 Å². The van der Waals surface area contributed by atoms with Gasteiger partial charge < -0.3 is 29.9 Å². The molecular formula is C34H48N6O5S. The Kier molecular flexibility index (Phi) is 13.8. The number of rotatable bonds is 16. The Hall–Kier alpha value is -4.19. The summed E-state index contributed by atoms with van der Waals surface area (Å²) in [5.74, 6) is 0.568. The lowest BCUT2D eigenvalue weighted by atomic mass is 10.0. The molecule has 0 aliphatic rings. The van der Waals surface area contributed by atoms with Crippen molar-refractivity contribution in [3.05, 3.63) is 58.4 Å². The summed E-state index contributed by atoms with van der Waals surface area (Å²) in [6.07, 6.45) is 4.37. The van der Waals surface area contributed by atoms with Crippen molar-refractivity contribution in [1.29, 1.82) is 0 Å². The smallest absolute Gasteiger partial charge is 0.412 e. The van der Waals surface area contributed by atoms with Gasteiger partial charge in [-0.2, -0.15) is 4.98 Å². The minimum absolute atomic E-state index is 0.182. The van der Waals surface area contributed by atoms with Crippen LogP contribution in [0.25, 0.3) is 0 Å². The molecule has 0 spiro atoms. The zero-order valence-corrected chi connectivity index (χ0v) is 28.9. The fourth-order valence-electron chi connectivity index (χ4n) is 4.65. The number of benzene rings is 1. The van der Waals surface area contributed by atoms with Crippen LogP contribution in [0.5, 0.6) is 5.75 Å². The predicted octanol–water partition coefficient (Wildman–Crippen LogP) is 6.69. The van der Waals surface area contributed by atoms with Crippen LogP contribution >= 0.6 is 11.3 Å². The molecule has 3 aromatic rings. The molecule has 46 heavy (non-hydrogen) atoms. The first-order valence-electron chi connectivity index (χ1n) is 16.0. The van der Waals surface area contributed by atoms with E-state index in [2.05, 4.69) is 22.5 Å². The maximum absolute atomic E-state index is 13.6. The Morgan fingerprint density at radius 1 is 0.978 bits per heavy atom. The largest absolute Gasteiger partial charge is 0.458 e. The second-order valence-electron chi connectivity index (χ2n) is 11.7. The third-order valence-corrected chi connectivity index (χ3v) is 7.87. The van der Waals surface area contributed by atoms with E-state index in [0.29, 0.717) is 54.3 Å². The Bertz CT molecular complexity index is 1400. The molecule has 2 aromatic heterocycles. The van der Waals surface area contributed by atoms with Gasteiger partial charge in [0.25, 0.3) is 5.91 Å². The number of ether oxygens (including phenoxy) is 2. The molecule has 0 fully saturated rings. The molecule has 0 aliphatic carbocycles. The number of thiophene rings is 1. The number of unbranched alkanes of at least 4 members (excludes halogenated alkanes) is 2. The molecule has 0 saturated carbocycles. The van der Waals surface area contributed by atoms with Crippen LogP contribution < -0.4 is 25.2 Å². The molecule has 2 heterocycles. The summed E-state index contributed by atoms with van der Waals surface area (Å²) in [7, 11) is 0. The summed E-state index contributed by atoms with van der Waals surface area (Å²) in [5.41, 5.74) is 0.532. The van der Waals surface area contributed by atoms with Gasteiger partial charge in [-0.15, -0.1) is 11.3 Å². The highest BCUT2D eigenvalue weighted by Gasteiger charge is 2.29. The van der Waals surface area contributed by atoms with E-state index in [0.717, 1.165) is 24.8 Å². The highest BCUT2D eigenvalue weighted by Crippen LogP contribution is 2.29. The molecule has 0 radical (unpaired) electrons. The molecule has 3 rings (SSSR count). The summed E-state index contributed by atoms with van der Waals surface area (Å²) in [6, 6.07) is 9.75. The molecule has 2 N–H and O–H groups in total. The van der Waals surface area contributed by atoms with Gasteiger partial charge in [-0.1, -0.05) is 38.0 Å². The van der Waals surface area contributed by atoms with Gasteiger partial charge in [0.15, 0.2) is 5.82 Å². The third kappa shape index (κ3) is 10.7. The summed E-state index contributed by atoms with van der Waals surface area (Å²) >= 11 is 1.36. The summed E-state index contributed by atoms with van der Waals surface area (Å²) < 4.78 is 11.2. The SMILES string of the molecule is CCCCCNC(=O)Oc1ccc(C[C@H](Nc2nc(N(CC)CC)ncc2N(CC)C(=O)c2cccs2)C(=O)OC(C)(C)C)cc1. The second-order valence-corrected chi connectivity index (χ2v) is 12.7. The molecule has 1 atom stereocenters. The lowest BCUT2D eigenvalue weighted by Crippen LogP contribution is -2.39. The molecule has 12 heteroatoms. The van der Waals surface area contributed by atoms with Crippen LogP contribution in [-0.4, -0.2) is 65.8 Å². The molecule has 1 aromatic carbocycles. The van der Waals surface area contributed by atoms with Crippen LogP contribution in [0.15, 0.2) is 48.0 Å². The van der Waals surface area contributed by atoms with Crippen LogP contribution in [0, 0.1) is 0 Å². The Morgan fingerprint density at radius 2 is 1.70 bits per heavy atom. The maximum Gasteiger partial charge on any atom is 0.412 e. The van der Waals surface area contributed by atoms with E-state index in [1.165, 1.54) is 11.3 Å². The van der Waals surface area contributed by atoms with Crippen LogP contribution in [0.2, 0.25) is 0 Å². The average molecular weight is 653 g/mol. The van der Waals surface area contributed by atoms with Gasteiger partial charge in [-0.25, -0.2) is 14.6 Å². The van der Waals surface area contributed by atoms with Gasteiger partial charge in [-0.05, 0) is 77.1 Å². The Balaban J connectivity index is 1.93. The van der Waals surface area contributed by atoms with Crippen molar-refractivity contribution in [1.82, 2.24) is 15.3 Å². The van der Waals surface area contributed by atoms with Crippen LogP contribution in [0.3, 0.4) is 0 Å². The quantitative estimate of drug-likeness (QED) is 0.129. The standard InChI is InChI=1S/C34H48N6O5S/c1-8-12-13-20-35-33(43)44-25-18-16-24(17-19-25)22-26(31(42)45-34(5,6)7)37-29-27(23-36-32(38-29)39(9-2)10-3)40(11-4)30(41)28-15-14-21-46-28/h14-19,21,23,26H,8-13,20,22H2,1-7H3,(H,35,43)(H,36,37,38)/t26-/m0/s1. The number of nitrogens with one attached hydrogen (secondary N) is 2. The first-order chi connectivity index (χ1) is 22.0. The van der Waals surface area contributed by atoms with Crippen molar-refractivity contribution in [2.45, 2.75) is 85.8 Å². The lowest BCUT2D eigenvalue weighted by molar-refractivity contribution is -0.155. The molecule has 2 amide bonds. The first-order valence-corrected chi connectivity index (χ1v) is 16.9. The Morgan fingerprint density at radius 3 is 2.28 bits per heavy atom. The molecule has 250 valence electrons. The monoisotopic (exact) mass is 652 g/mol. The number of amides is 2. The number of carbonyl (C=O) groups is 3. The fourth-order valence-corrected chi connectivity index (χ4v) is 5.33. The van der Waals surface area contributed by atoms with Crippen molar-refractivity contribution >= 4 is 46.8 Å². The van der Waals surface area contributed by atoms with Crippen molar-refractivity contribution in [2.24, 2.45) is 0 Å². The fraction of sp³-hybridized carbons (Fsp3) is 0.500. The van der Waals surface area contributed by atoms with Crippen LogP contribution in [0.1, 0.15) is 83.0 Å². The number of aromatic nitrogens is 2. The lowest BCUT2D eigenvalue weighted by Gasteiger charge is -2.28. The van der Waals surface area contributed by atoms with E-state index in [4.69, 9.17) is 14.5 Å². The minimum atomic E-state index is -0.860. The molecule has 0 aliphatic heterocycles. The topological polar surface area (TPSA) is 126 Å². The van der Waals surface area contributed by atoms with Crippen LogP contribution in [-0.2, 0) is 16.0 Å². The number of hydrogen-bond donors (Lipinski definition) is 2. The van der Waals surface area contributed by atoms with E-state index in [1.54, 1.807) is 41.4 Å². The molecule has 0 bridgehead atoms. The van der Waals surface area contributed by atoms with Crippen molar-refractivity contribution in [2.75, 3.05) is 41.3 Å². The number of nitrogens with zero attached hydrogens (tertiary/aromatic N) is 4. The van der Waals surface area contributed by atoms with Crippen molar-refractivity contribution < 1.29 is 23.9 Å².